The van der Waals surface area contributed by atoms with Crippen molar-refractivity contribution in [2.24, 2.45) is 0 Å². The maximum atomic E-state index is 12.8. The fourth-order valence-electron chi connectivity index (χ4n) is 2.45. The van der Waals surface area contributed by atoms with Crippen LogP contribution in [0.2, 0.25) is 0 Å². The molecular formula is C21H18F3IN2O3. The van der Waals surface area contributed by atoms with Crippen LogP contribution in [0.4, 0.5) is 18.9 Å². The molecule has 0 unspecified atom stereocenters. The Morgan fingerprint density at radius 2 is 2.03 bits per heavy atom. The lowest BCUT2D eigenvalue weighted by Gasteiger charge is -2.13. The van der Waals surface area contributed by atoms with E-state index < -0.39 is 17.6 Å². The van der Waals surface area contributed by atoms with Gasteiger partial charge in [-0.15, -0.1) is 0 Å². The minimum absolute atomic E-state index is 0.0635. The van der Waals surface area contributed by atoms with E-state index in [1.165, 1.54) is 25.3 Å². The van der Waals surface area contributed by atoms with Gasteiger partial charge in [0.25, 0.3) is 5.91 Å². The van der Waals surface area contributed by atoms with Crippen LogP contribution < -0.4 is 14.8 Å². The molecule has 0 heterocycles. The highest BCUT2D eigenvalue weighted by atomic mass is 127. The second-order valence-corrected chi connectivity index (χ2v) is 7.25. The van der Waals surface area contributed by atoms with Gasteiger partial charge in [0.1, 0.15) is 11.6 Å². The SMILES string of the molecule is CCCOc1c(I)cc(/C=C(\C#N)C(=O)Nc2cccc(C(F)(F)F)c2)cc1OC. The molecule has 5 nitrogen and oxygen atoms in total. The van der Waals surface area contributed by atoms with Crippen LogP contribution in [0.1, 0.15) is 24.5 Å². The van der Waals surface area contributed by atoms with Gasteiger partial charge in [-0.25, -0.2) is 0 Å². The van der Waals surface area contributed by atoms with Gasteiger partial charge >= 0.3 is 6.18 Å². The molecule has 1 N–H and O–H groups in total. The van der Waals surface area contributed by atoms with Crippen LogP contribution in [0.25, 0.3) is 6.08 Å². The first-order valence-electron chi connectivity index (χ1n) is 8.80. The molecule has 1 amide bonds. The number of carbonyl (C=O) groups is 1. The topological polar surface area (TPSA) is 71.3 Å². The Morgan fingerprint density at radius 3 is 2.63 bits per heavy atom. The Hall–Kier alpha value is -2.74. The second kappa shape index (κ2) is 10.3. The van der Waals surface area contributed by atoms with Crippen LogP contribution in [0, 0.1) is 14.9 Å². The number of rotatable bonds is 7. The number of nitrogens with one attached hydrogen (secondary N) is 1. The van der Waals surface area contributed by atoms with Crippen molar-refractivity contribution < 1.29 is 27.4 Å². The van der Waals surface area contributed by atoms with Crippen LogP contribution in [0.15, 0.2) is 42.0 Å². The van der Waals surface area contributed by atoms with Crippen LogP contribution in [0.5, 0.6) is 11.5 Å². The van der Waals surface area contributed by atoms with Gasteiger partial charge in [0.15, 0.2) is 11.5 Å². The Labute approximate surface area is 185 Å². The first-order chi connectivity index (χ1) is 14.2. The molecule has 0 aromatic heterocycles. The van der Waals surface area contributed by atoms with Gasteiger partial charge in [0, 0.05) is 5.69 Å². The minimum atomic E-state index is -4.54. The maximum Gasteiger partial charge on any atom is 0.416 e. The van der Waals surface area contributed by atoms with Crippen molar-refractivity contribution in [3.8, 4) is 17.6 Å². The molecule has 0 aliphatic carbocycles. The number of hydrogen-bond donors (Lipinski definition) is 1. The molecule has 9 heteroatoms. The van der Waals surface area contributed by atoms with Crippen LogP contribution >= 0.6 is 22.6 Å². The normalized spacial score (nSPS) is 11.6. The standard InChI is InChI=1S/C21H18F3IN2O3/c1-3-7-30-19-17(25)9-13(10-18(19)29-2)8-14(12-26)20(28)27-16-6-4-5-15(11-16)21(22,23)24/h4-6,8-11H,3,7H2,1-2H3,(H,27,28)/b14-8+. The second-order valence-electron chi connectivity index (χ2n) is 6.09. The summed E-state index contributed by atoms with van der Waals surface area (Å²) >= 11 is 2.06. The molecule has 0 bridgehead atoms. The third-order valence-electron chi connectivity index (χ3n) is 3.83. The van der Waals surface area contributed by atoms with Gasteiger partial charge in [-0.05, 0) is 71.0 Å². The molecule has 0 aliphatic rings. The van der Waals surface area contributed by atoms with E-state index in [1.807, 2.05) is 6.92 Å². The van der Waals surface area contributed by atoms with Crippen LogP contribution in [0.3, 0.4) is 0 Å². The molecule has 2 aromatic carbocycles. The van der Waals surface area contributed by atoms with Gasteiger partial charge in [0.05, 0.1) is 22.9 Å². The van der Waals surface area contributed by atoms with Gasteiger partial charge in [-0.1, -0.05) is 13.0 Å². The first-order valence-corrected chi connectivity index (χ1v) is 9.88. The number of ether oxygens (including phenoxy) is 2. The van der Waals surface area contributed by atoms with E-state index in [2.05, 4.69) is 27.9 Å². The predicted octanol–water partition coefficient (Wildman–Crippen LogP) is 5.65. The average Bonchev–Trinajstić information content (AvgIpc) is 2.70. The fourth-order valence-corrected chi connectivity index (χ4v) is 3.24. The summed E-state index contributed by atoms with van der Waals surface area (Å²) in [6, 6.07) is 9.29. The average molecular weight is 530 g/mol. The molecule has 0 spiro atoms. The number of benzene rings is 2. The van der Waals surface area contributed by atoms with E-state index in [0.717, 1.165) is 22.1 Å². The summed E-state index contributed by atoms with van der Waals surface area (Å²) in [5.74, 6) is 0.179. The summed E-state index contributed by atoms with van der Waals surface area (Å²) < 4.78 is 50.2. The Morgan fingerprint density at radius 1 is 1.30 bits per heavy atom. The fraction of sp³-hybridized carbons (Fsp3) is 0.238. The molecule has 0 fully saturated rings. The zero-order valence-electron chi connectivity index (χ0n) is 16.1. The minimum Gasteiger partial charge on any atom is -0.493 e. The smallest absolute Gasteiger partial charge is 0.416 e. The molecule has 0 radical (unpaired) electrons. The molecule has 30 heavy (non-hydrogen) atoms. The molecule has 0 aliphatic heterocycles. The lowest BCUT2D eigenvalue weighted by Crippen LogP contribution is -2.14. The Kier molecular flexibility index (Phi) is 8.11. The summed E-state index contributed by atoms with van der Waals surface area (Å²) in [4.78, 5) is 12.4. The molecular weight excluding hydrogens is 512 g/mol. The highest BCUT2D eigenvalue weighted by molar-refractivity contribution is 14.1. The first kappa shape index (κ1) is 23.5. The number of hydrogen-bond acceptors (Lipinski definition) is 4. The van der Waals surface area contributed by atoms with E-state index in [-0.39, 0.29) is 11.3 Å². The predicted molar refractivity (Wildman–Crippen MR) is 115 cm³/mol. The summed E-state index contributed by atoms with van der Waals surface area (Å²) in [7, 11) is 1.48. The molecule has 158 valence electrons. The quantitative estimate of drug-likeness (QED) is 0.285. The van der Waals surface area contributed by atoms with Crippen molar-refractivity contribution in [3.05, 3.63) is 56.7 Å². The highest BCUT2D eigenvalue weighted by Gasteiger charge is 2.30. The summed E-state index contributed by atoms with van der Waals surface area (Å²) in [6.07, 6.45) is -2.39. The monoisotopic (exact) mass is 530 g/mol. The van der Waals surface area contributed by atoms with E-state index >= 15 is 0 Å². The molecule has 0 atom stereocenters. The molecule has 0 saturated heterocycles. The van der Waals surface area contributed by atoms with Crippen molar-refractivity contribution in [3.63, 3.8) is 0 Å². The van der Waals surface area contributed by atoms with E-state index in [9.17, 15) is 23.2 Å². The van der Waals surface area contributed by atoms with Crippen LogP contribution in [-0.2, 0) is 11.0 Å². The number of amides is 1. The highest BCUT2D eigenvalue weighted by Crippen LogP contribution is 2.35. The van der Waals surface area contributed by atoms with Crippen LogP contribution in [-0.4, -0.2) is 19.6 Å². The van der Waals surface area contributed by atoms with Crippen molar-refractivity contribution in [1.29, 1.82) is 5.26 Å². The number of carbonyl (C=O) groups excluding carboxylic acids is 1. The molecule has 0 saturated carbocycles. The van der Waals surface area contributed by atoms with Gasteiger partial charge in [-0.2, -0.15) is 18.4 Å². The summed E-state index contributed by atoms with van der Waals surface area (Å²) in [5, 5.41) is 11.7. The van der Waals surface area contributed by atoms with Gasteiger partial charge in [0.2, 0.25) is 0 Å². The number of nitrogens with zero attached hydrogens (tertiary/aromatic N) is 1. The number of alkyl halides is 3. The molecule has 2 aromatic rings. The zero-order valence-corrected chi connectivity index (χ0v) is 18.3. The Bertz CT molecular complexity index is 998. The van der Waals surface area contributed by atoms with Gasteiger partial charge in [-0.3, -0.25) is 4.79 Å². The summed E-state index contributed by atoms with van der Waals surface area (Å²) in [6.45, 7) is 2.48. The summed E-state index contributed by atoms with van der Waals surface area (Å²) in [5.41, 5.74) is -0.723. The van der Waals surface area contributed by atoms with E-state index in [4.69, 9.17) is 9.47 Å². The van der Waals surface area contributed by atoms with E-state index in [1.54, 1.807) is 18.2 Å². The van der Waals surface area contributed by atoms with Crippen molar-refractivity contribution in [2.75, 3.05) is 19.0 Å². The number of anilines is 1. The third-order valence-corrected chi connectivity index (χ3v) is 4.63. The van der Waals surface area contributed by atoms with Crippen molar-refractivity contribution >= 4 is 40.3 Å². The van der Waals surface area contributed by atoms with Crippen molar-refractivity contribution in [2.45, 2.75) is 19.5 Å². The van der Waals surface area contributed by atoms with Gasteiger partial charge < -0.3 is 14.8 Å². The van der Waals surface area contributed by atoms with E-state index in [0.29, 0.717) is 23.7 Å². The Balaban J connectivity index is 2.30. The van der Waals surface area contributed by atoms with Crippen molar-refractivity contribution in [1.82, 2.24) is 0 Å². The number of nitriles is 1. The zero-order chi connectivity index (χ0) is 22.3. The number of methoxy groups -OCH3 is 1. The lowest BCUT2D eigenvalue weighted by atomic mass is 10.1. The lowest BCUT2D eigenvalue weighted by molar-refractivity contribution is -0.137. The molecule has 2 rings (SSSR count). The maximum absolute atomic E-state index is 12.8. The number of halogens is 4. The largest absolute Gasteiger partial charge is 0.493 e. The third kappa shape index (κ3) is 6.13.